The first-order chi connectivity index (χ1) is 18.7. The van der Waals surface area contributed by atoms with Crippen molar-refractivity contribution in [3.05, 3.63) is 78.9 Å². The third-order valence-corrected chi connectivity index (χ3v) is 6.29. The Bertz CT molecular complexity index is 1850. The normalized spacial score (nSPS) is 11.8. The number of hydrogen-bond donors (Lipinski definition) is 3. The summed E-state index contributed by atoms with van der Waals surface area (Å²) in [6.07, 6.45) is 3.73. The van der Waals surface area contributed by atoms with Gasteiger partial charge in [0.1, 0.15) is 11.3 Å². The van der Waals surface area contributed by atoms with Crippen LogP contribution < -0.4 is 5.32 Å². The van der Waals surface area contributed by atoms with Crippen molar-refractivity contribution in [2.45, 2.75) is 27.2 Å². The van der Waals surface area contributed by atoms with Gasteiger partial charge in [0.15, 0.2) is 11.5 Å². The minimum Gasteiger partial charge on any atom is -0.336 e. The van der Waals surface area contributed by atoms with E-state index in [4.69, 9.17) is 9.97 Å². The Labute approximate surface area is 223 Å². The lowest BCUT2D eigenvalue weighted by Crippen LogP contribution is -2.19. The zero-order valence-corrected chi connectivity index (χ0v) is 21.7. The van der Waals surface area contributed by atoms with Crippen LogP contribution >= 0.6 is 0 Å². The van der Waals surface area contributed by atoms with E-state index >= 15 is 0 Å². The molecule has 4 heterocycles. The molecule has 4 aromatic heterocycles. The zero-order chi connectivity index (χ0) is 27.1. The summed E-state index contributed by atoms with van der Waals surface area (Å²) in [5.41, 5.74) is 6.98. The van der Waals surface area contributed by atoms with Crippen LogP contribution in [0.5, 0.6) is 0 Å². The number of hydrogen-bond acceptors (Lipinski definition) is 5. The number of fused-ring (bicyclic) bond motifs is 2. The van der Waals surface area contributed by atoms with Gasteiger partial charge in [-0.3, -0.25) is 14.9 Å². The Morgan fingerprint density at radius 3 is 2.59 bits per heavy atom. The molecule has 0 fully saturated rings. The second kappa shape index (κ2) is 9.43. The van der Waals surface area contributed by atoms with Crippen molar-refractivity contribution in [2.75, 3.05) is 5.32 Å². The van der Waals surface area contributed by atoms with E-state index in [1.54, 1.807) is 18.5 Å². The first-order valence-electron chi connectivity index (χ1n) is 12.6. The first kappa shape index (κ1) is 24.4. The molecule has 0 saturated heterocycles. The van der Waals surface area contributed by atoms with Crippen LogP contribution in [0.4, 0.5) is 10.1 Å². The van der Waals surface area contributed by atoms with Gasteiger partial charge in [-0.05, 0) is 47.4 Å². The van der Waals surface area contributed by atoms with Crippen LogP contribution in [-0.2, 0) is 4.79 Å². The number of halogens is 1. The Morgan fingerprint density at radius 1 is 0.923 bits per heavy atom. The predicted octanol–water partition coefficient (Wildman–Crippen LogP) is 6.74. The number of nitrogens with zero attached hydrogens (tertiary/aromatic N) is 4. The van der Waals surface area contributed by atoms with Gasteiger partial charge in [0, 0.05) is 23.7 Å². The molecule has 2 aromatic carbocycles. The molecular formula is C30H26FN7O. The molecule has 0 saturated carbocycles. The number of H-pyrrole nitrogens is 2. The lowest BCUT2D eigenvalue weighted by molar-refractivity contribution is -0.117. The summed E-state index contributed by atoms with van der Waals surface area (Å²) in [7, 11) is 0. The van der Waals surface area contributed by atoms with Gasteiger partial charge in [0.25, 0.3) is 0 Å². The van der Waals surface area contributed by atoms with Crippen molar-refractivity contribution in [3.8, 4) is 33.9 Å². The molecular weight excluding hydrogens is 493 g/mol. The van der Waals surface area contributed by atoms with Crippen LogP contribution in [0, 0.1) is 11.2 Å². The molecule has 0 spiro atoms. The van der Waals surface area contributed by atoms with E-state index in [9.17, 15) is 9.18 Å². The molecule has 8 nitrogen and oxygen atoms in total. The average Bonchev–Trinajstić information content (AvgIpc) is 3.51. The highest BCUT2D eigenvalue weighted by Crippen LogP contribution is 2.32. The van der Waals surface area contributed by atoms with Crippen LogP contribution in [0.3, 0.4) is 0 Å². The molecule has 0 aliphatic heterocycles. The minimum absolute atomic E-state index is 0.0653. The number of aromatic amines is 2. The molecule has 0 unspecified atom stereocenters. The zero-order valence-electron chi connectivity index (χ0n) is 21.7. The highest BCUT2D eigenvalue weighted by molar-refractivity contribution is 5.96. The quantitative estimate of drug-likeness (QED) is 0.233. The topological polar surface area (TPSA) is 112 Å². The molecule has 0 atom stereocenters. The Morgan fingerprint density at radius 2 is 1.77 bits per heavy atom. The van der Waals surface area contributed by atoms with Crippen LogP contribution in [-0.4, -0.2) is 36.0 Å². The maximum Gasteiger partial charge on any atom is 0.224 e. The van der Waals surface area contributed by atoms with Crippen molar-refractivity contribution in [3.63, 3.8) is 0 Å². The molecule has 9 heteroatoms. The van der Waals surface area contributed by atoms with Gasteiger partial charge < -0.3 is 10.3 Å². The van der Waals surface area contributed by atoms with E-state index in [1.165, 1.54) is 12.1 Å². The number of nitrogens with one attached hydrogen (secondary N) is 3. The third kappa shape index (κ3) is 4.98. The van der Waals surface area contributed by atoms with E-state index in [0.717, 1.165) is 27.7 Å². The highest BCUT2D eigenvalue weighted by Gasteiger charge is 2.18. The molecule has 0 bridgehead atoms. The monoisotopic (exact) mass is 519 g/mol. The highest BCUT2D eigenvalue weighted by atomic mass is 19.1. The Kier molecular flexibility index (Phi) is 5.91. The van der Waals surface area contributed by atoms with Gasteiger partial charge in [0.05, 0.1) is 34.1 Å². The van der Waals surface area contributed by atoms with Gasteiger partial charge in [-0.25, -0.2) is 14.4 Å². The van der Waals surface area contributed by atoms with Crippen molar-refractivity contribution >= 4 is 33.7 Å². The smallest absolute Gasteiger partial charge is 0.224 e. The molecule has 1 amide bonds. The summed E-state index contributed by atoms with van der Waals surface area (Å²) in [6.45, 7) is 6.06. The number of carbonyl (C=O) groups excluding carboxylic acids is 1. The molecule has 39 heavy (non-hydrogen) atoms. The van der Waals surface area contributed by atoms with Gasteiger partial charge >= 0.3 is 0 Å². The third-order valence-electron chi connectivity index (χ3n) is 6.29. The summed E-state index contributed by atoms with van der Waals surface area (Å²) in [6, 6.07) is 17.8. The van der Waals surface area contributed by atoms with E-state index in [2.05, 4.69) is 25.5 Å². The summed E-state index contributed by atoms with van der Waals surface area (Å²) in [5.74, 6) is 0.179. The number of anilines is 1. The van der Waals surface area contributed by atoms with Crippen LogP contribution in [0.25, 0.3) is 56.0 Å². The summed E-state index contributed by atoms with van der Waals surface area (Å²) < 4.78 is 13.9. The number of aromatic nitrogens is 6. The van der Waals surface area contributed by atoms with Crippen molar-refractivity contribution in [2.24, 2.45) is 5.41 Å². The number of benzene rings is 2. The molecule has 0 aliphatic rings. The lowest BCUT2D eigenvalue weighted by Gasteiger charge is -2.17. The van der Waals surface area contributed by atoms with Gasteiger partial charge in [0.2, 0.25) is 5.91 Å². The van der Waals surface area contributed by atoms with E-state index in [-0.39, 0.29) is 17.1 Å². The van der Waals surface area contributed by atoms with Crippen molar-refractivity contribution in [1.29, 1.82) is 0 Å². The molecule has 194 valence electrons. The SMILES string of the molecule is CC(C)(C)CC(=O)Nc1cncc(-c2ccc3[nH]nc(-c4nc5c(-c6cccc(F)c6)cccc5[nH]4)c3n2)c1. The fraction of sp³-hybridized carbons (Fsp3) is 0.167. The average molecular weight is 520 g/mol. The van der Waals surface area contributed by atoms with Gasteiger partial charge in [-0.1, -0.05) is 45.0 Å². The maximum atomic E-state index is 13.9. The number of pyridine rings is 2. The van der Waals surface area contributed by atoms with Crippen molar-refractivity contribution < 1.29 is 9.18 Å². The van der Waals surface area contributed by atoms with Crippen LogP contribution in [0.1, 0.15) is 27.2 Å². The number of rotatable bonds is 5. The van der Waals surface area contributed by atoms with Crippen LogP contribution in [0.15, 0.2) is 73.1 Å². The molecule has 0 aliphatic carbocycles. The first-order valence-corrected chi connectivity index (χ1v) is 12.6. The molecule has 3 N–H and O–H groups in total. The number of para-hydroxylation sites is 1. The standard InChI is InChI=1S/C30H26FN7O/c1-30(2,3)14-25(39)33-20-13-18(15-32-16-20)22-10-11-24-27(34-22)28(38-37-24)29-35-23-9-5-8-21(26(23)36-29)17-6-4-7-19(31)12-17/h4-13,15-16H,14H2,1-3H3,(H,33,39)(H,35,36)(H,37,38). The van der Waals surface area contributed by atoms with E-state index < -0.39 is 0 Å². The predicted molar refractivity (Wildman–Crippen MR) is 150 cm³/mol. The second-order valence-corrected chi connectivity index (χ2v) is 10.7. The Hall–Kier alpha value is -4.92. The number of imidazole rings is 1. The second-order valence-electron chi connectivity index (χ2n) is 10.7. The summed E-state index contributed by atoms with van der Waals surface area (Å²) >= 11 is 0. The fourth-order valence-electron chi connectivity index (χ4n) is 4.59. The molecule has 6 aromatic rings. The van der Waals surface area contributed by atoms with E-state index in [1.807, 2.05) is 63.2 Å². The summed E-state index contributed by atoms with van der Waals surface area (Å²) in [5, 5.41) is 10.4. The van der Waals surface area contributed by atoms with Gasteiger partial charge in [-0.15, -0.1) is 0 Å². The van der Waals surface area contributed by atoms with Gasteiger partial charge in [-0.2, -0.15) is 5.10 Å². The lowest BCUT2D eigenvalue weighted by atomic mass is 9.92. The fourth-order valence-corrected chi connectivity index (χ4v) is 4.59. The van der Waals surface area contributed by atoms with Crippen molar-refractivity contribution in [1.82, 2.24) is 30.1 Å². The Balaban J connectivity index is 1.37. The van der Waals surface area contributed by atoms with Crippen LogP contribution in [0.2, 0.25) is 0 Å². The number of carbonyl (C=O) groups is 1. The largest absolute Gasteiger partial charge is 0.336 e. The molecule has 6 rings (SSSR count). The number of amides is 1. The maximum absolute atomic E-state index is 13.9. The summed E-state index contributed by atoms with van der Waals surface area (Å²) in [4.78, 5) is 29.8. The van der Waals surface area contributed by atoms with E-state index in [0.29, 0.717) is 40.4 Å². The minimum atomic E-state index is -0.303. The molecule has 0 radical (unpaired) electrons.